The molecule has 162 valence electrons. The summed E-state index contributed by atoms with van der Waals surface area (Å²) >= 11 is 0. The summed E-state index contributed by atoms with van der Waals surface area (Å²) in [5.41, 5.74) is 7.15. The van der Waals surface area contributed by atoms with Crippen molar-refractivity contribution in [2.75, 3.05) is 6.61 Å². The second kappa shape index (κ2) is 7.73. The van der Waals surface area contributed by atoms with Crippen LogP contribution in [-0.2, 0) is 11.8 Å². The Morgan fingerprint density at radius 2 is 1.84 bits per heavy atom. The molecule has 2 heterocycles. The number of hydrogen-bond acceptors (Lipinski definition) is 4. The Labute approximate surface area is 188 Å². The van der Waals surface area contributed by atoms with Crippen LogP contribution in [-0.4, -0.2) is 26.2 Å². The van der Waals surface area contributed by atoms with E-state index < -0.39 is 0 Å². The van der Waals surface area contributed by atoms with Crippen molar-refractivity contribution in [2.24, 2.45) is 0 Å². The van der Waals surface area contributed by atoms with Crippen LogP contribution in [0.25, 0.3) is 28.3 Å². The summed E-state index contributed by atoms with van der Waals surface area (Å²) in [4.78, 5) is 9.98. The van der Waals surface area contributed by atoms with Crippen LogP contribution in [0.15, 0.2) is 54.9 Å². The molecule has 2 aliphatic carbocycles. The number of hydrogen-bond donors (Lipinski definition) is 0. The minimum absolute atomic E-state index is 0.125. The molecule has 0 bridgehead atoms. The number of aromatic nitrogens is 4. The highest BCUT2D eigenvalue weighted by molar-refractivity contribution is 5.78. The summed E-state index contributed by atoms with van der Waals surface area (Å²) in [6.45, 7) is 2.92. The van der Waals surface area contributed by atoms with Crippen molar-refractivity contribution < 1.29 is 4.74 Å². The molecule has 1 fully saturated rings. The molecule has 0 N–H and O–H groups in total. The SMILES string of the molecule is CCCCOc1ccc(-c2nc3c4c(ncn3n2)-c2ccccc2CC42CCCC2)cc1. The summed E-state index contributed by atoms with van der Waals surface area (Å²) in [5, 5.41) is 4.81. The van der Waals surface area contributed by atoms with Gasteiger partial charge in [-0.15, -0.1) is 5.10 Å². The van der Waals surface area contributed by atoms with Crippen molar-refractivity contribution in [1.29, 1.82) is 0 Å². The maximum Gasteiger partial charge on any atom is 0.182 e. The molecule has 0 unspecified atom stereocenters. The topological polar surface area (TPSA) is 52.3 Å². The predicted molar refractivity (Wildman–Crippen MR) is 126 cm³/mol. The molecule has 0 radical (unpaired) electrons. The van der Waals surface area contributed by atoms with E-state index in [1.165, 1.54) is 42.4 Å². The second-order valence-corrected chi connectivity index (χ2v) is 9.22. The van der Waals surface area contributed by atoms with E-state index in [0.717, 1.165) is 54.3 Å². The van der Waals surface area contributed by atoms with Gasteiger partial charge in [0.25, 0.3) is 0 Å². The highest BCUT2D eigenvalue weighted by Gasteiger charge is 2.43. The van der Waals surface area contributed by atoms with Crippen LogP contribution < -0.4 is 4.74 Å². The summed E-state index contributed by atoms with van der Waals surface area (Å²) < 4.78 is 7.69. The van der Waals surface area contributed by atoms with Gasteiger partial charge in [-0.1, -0.05) is 50.5 Å². The third kappa shape index (κ3) is 3.10. The first-order valence-electron chi connectivity index (χ1n) is 11.8. The van der Waals surface area contributed by atoms with Crippen LogP contribution >= 0.6 is 0 Å². The zero-order chi connectivity index (χ0) is 21.5. The van der Waals surface area contributed by atoms with Gasteiger partial charge >= 0.3 is 0 Å². The zero-order valence-corrected chi connectivity index (χ0v) is 18.6. The lowest BCUT2D eigenvalue weighted by Gasteiger charge is -2.36. The number of benzene rings is 2. The lowest BCUT2D eigenvalue weighted by Crippen LogP contribution is -2.31. The first kappa shape index (κ1) is 19.5. The normalized spacial score (nSPS) is 16.3. The number of ether oxygens (including phenoxy) is 1. The lowest BCUT2D eigenvalue weighted by molar-refractivity contribution is 0.309. The highest BCUT2D eigenvalue weighted by Crippen LogP contribution is 2.52. The molecule has 2 aliphatic rings. The monoisotopic (exact) mass is 424 g/mol. The zero-order valence-electron chi connectivity index (χ0n) is 18.6. The van der Waals surface area contributed by atoms with E-state index in [1.54, 1.807) is 0 Å². The van der Waals surface area contributed by atoms with E-state index in [9.17, 15) is 0 Å². The molecule has 2 aromatic carbocycles. The van der Waals surface area contributed by atoms with Gasteiger partial charge in [-0.05, 0) is 55.5 Å². The summed E-state index contributed by atoms with van der Waals surface area (Å²) in [6, 6.07) is 16.9. The fourth-order valence-corrected chi connectivity index (χ4v) is 5.54. The molecule has 1 spiro atoms. The minimum atomic E-state index is 0.125. The van der Waals surface area contributed by atoms with Crippen LogP contribution in [0, 0.1) is 0 Å². The largest absolute Gasteiger partial charge is 0.494 e. The Bertz CT molecular complexity index is 1270. The van der Waals surface area contributed by atoms with Gasteiger partial charge in [-0.25, -0.2) is 14.5 Å². The fraction of sp³-hybridized carbons (Fsp3) is 0.370. The molecule has 32 heavy (non-hydrogen) atoms. The molecule has 0 atom stereocenters. The number of nitrogens with zero attached hydrogens (tertiary/aromatic N) is 4. The van der Waals surface area contributed by atoms with Crippen molar-refractivity contribution in [3.63, 3.8) is 0 Å². The van der Waals surface area contributed by atoms with E-state index in [4.69, 9.17) is 19.8 Å². The smallest absolute Gasteiger partial charge is 0.182 e. The van der Waals surface area contributed by atoms with Crippen LogP contribution in [0.5, 0.6) is 5.75 Å². The van der Waals surface area contributed by atoms with Gasteiger partial charge in [0.1, 0.15) is 12.1 Å². The Kier molecular flexibility index (Phi) is 4.71. The van der Waals surface area contributed by atoms with E-state index in [-0.39, 0.29) is 5.41 Å². The molecule has 4 aromatic rings. The van der Waals surface area contributed by atoms with Gasteiger partial charge in [0.05, 0.1) is 12.3 Å². The van der Waals surface area contributed by atoms with E-state index in [0.29, 0.717) is 0 Å². The summed E-state index contributed by atoms with van der Waals surface area (Å²) in [7, 11) is 0. The predicted octanol–water partition coefficient (Wildman–Crippen LogP) is 6.01. The summed E-state index contributed by atoms with van der Waals surface area (Å²) in [6.07, 6.45) is 10.0. The maximum absolute atomic E-state index is 5.81. The Morgan fingerprint density at radius 3 is 2.66 bits per heavy atom. The van der Waals surface area contributed by atoms with Crippen LogP contribution in [0.2, 0.25) is 0 Å². The van der Waals surface area contributed by atoms with Gasteiger partial charge in [-0.2, -0.15) is 0 Å². The molecule has 0 aliphatic heterocycles. The van der Waals surface area contributed by atoms with Gasteiger partial charge in [0, 0.05) is 22.1 Å². The number of fused-ring (bicyclic) bond motifs is 6. The Hall–Kier alpha value is -3.21. The van der Waals surface area contributed by atoms with Gasteiger partial charge in [0.2, 0.25) is 0 Å². The van der Waals surface area contributed by atoms with E-state index in [2.05, 4.69) is 43.3 Å². The van der Waals surface area contributed by atoms with E-state index in [1.807, 2.05) is 23.0 Å². The molecule has 0 amide bonds. The van der Waals surface area contributed by atoms with Crippen LogP contribution in [0.3, 0.4) is 0 Å². The van der Waals surface area contributed by atoms with Gasteiger partial charge in [0.15, 0.2) is 11.5 Å². The van der Waals surface area contributed by atoms with Crippen molar-refractivity contribution in [3.8, 4) is 28.4 Å². The summed E-state index contributed by atoms with van der Waals surface area (Å²) in [5.74, 6) is 1.64. The Morgan fingerprint density at radius 1 is 1.03 bits per heavy atom. The number of rotatable bonds is 5. The highest BCUT2D eigenvalue weighted by atomic mass is 16.5. The lowest BCUT2D eigenvalue weighted by atomic mass is 9.68. The molecule has 2 aromatic heterocycles. The molecule has 0 saturated heterocycles. The fourth-order valence-electron chi connectivity index (χ4n) is 5.54. The van der Waals surface area contributed by atoms with Crippen molar-refractivity contribution in [3.05, 3.63) is 66.0 Å². The molecular weight excluding hydrogens is 396 g/mol. The standard InChI is InChI=1S/C27H28N4O/c1-2-3-16-32-21-12-10-19(11-13-21)25-29-26-23-24(28-18-31(26)30-25)22-9-5-4-8-20(22)17-27(23)14-6-7-15-27/h4-5,8-13,18H,2-3,6-7,14-17H2,1H3. The number of unbranched alkanes of at least 4 members (excludes halogenated alkanes) is 1. The maximum atomic E-state index is 5.81. The third-order valence-electron chi connectivity index (χ3n) is 7.16. The van der Waals surface area contributed by atoms with Gasteiger partial charge < -0.3 is 4.74 Å². The van der Waals surface area contributed by atoms with Crippen molar-refractivity contribution in [1.82, 2.24) is 19.6 Å². The van der Waals surface area contributed by atoms with Crippen molar-refractivity contribution in [2.45, 2.75) is 57.3 Å². The van der Waals surface area contributed by atoms with Crippen LogP contribution in [0.1, 0.15) is 56.6 Å². The quantitative estimate of drug-likeness (QED) is 0.368. The molecule has 6 rings (SSSR count). The minimum Gasteiger partial charge on any atom is -0.494 e. The molecule has 1 saturated carbocycles. The average Bonchev–Trinajstić information content (AvgIpc) is 3.47. The average molecular weight is 425 g/mol. The first-order valence-corrected chi connectivity index (χ1v) is 11.8. The molecular formula is C27H28N4O. The van der Waals surface area contributed by atoms with Crippen LogP contribution in [0.4, 0.5) is 0 Å². The third-order valence-corrected chi connectivity index (χ3v) is 7.16. The molecule has 5 heteroatoms. The first-order chi connectivity index (χ1) is 15.8. The second-order valence-electron chi connectivity index (χ2n) is 9.22. The van der Waals surface area contributed by atoms with E-state index >= 15 is 0 Å². The van der Waals surface area contributed by atoms with Crippen molar-refractivity contribution >= 4 is 5.65 Å². The van der Waals surface area contributed by atoms with Gasteiger partial charge in [-0.3, -0.25) is 0 Å². The molecule has 5 nitrogen and oxygen atoms in total. The Balaban J connectivity index is 1.44.